The number of carbonyl (C=O) groups excluding carboxylic acids is 1. The number of nitrogens with zero attached hydrogens (tertiary/aromatic N) is 1. The number of rotatable bonds is 2. The molecule has 0 aliphatic heterocycles. The van der Waals surface area contributed by atoms with Crippen LogP contribution >= 0.6 is 0 Å². The molecule has 0 radical (unpaired) electrons. The van der Waals surface area contributed by atoms with Crippen LogP contribution in [0.15, 0.2) is 34.0 Å². The van der Waals surface area contributed by atoms with Crippen molar-refractivity contribution >= 4 is 5.78 Å². The molecule has 0 saturated heterocycles. The average Bonchev–Trinajstić information content (AvgIpc) is 2.26. The molecule has 5 nitrogen and oxygen atoms in total. The largest absolute Gasteiger partial charge is 0.333 e. The number of aromatic amines is 1. The van der Waals surface area contributed by atoms with E-state index in [1.54, 1.807) is 12.1 Å². The zero-order valence-electron chi connectivity index (χ0n) is 11.0. The Labute approximate surface area is 109 Å². The number of ketones is 1. The minimum Gasteiger partial charge on any atom is -0.313 e. The zero-order chi connectivity index (χ0) is 14.2. The highest BCUT2D eigenvalue weighted by Gasteiger charge is 2.12. The molecule has 0 unspecified atom stereocenters. The van der Waals surface area contributed by atoms with E-state index in [9.17, 15) is 14.4 Å². The van der Waals surface area contributed by atoms with E-state index in [1.165, 1.54) is 6.92 Å². The van der Waals surface area contributed by atoms with E-state index in [2.05, 4.69) is 4.98 Å². The topological polar surface area (TPSA) is 71.9 Å². The lowest BCUT2D eigenvalue weighted by Gasteiger charge is -2.08. The molecule has 0 aliphatic carbocycles. The first-order chi connectivity index (χ1) is 8.90. The number of aromatic nitrogens is 2. The zero-order valence-corrected chi connectivity index (χ0v) is 11.0. The van der Waals surface area contributed by atoms with E-state index >= 15 is 0 Å². The molecule has 1 aromatic heterocycles. The van der Waals surface area contributed by atoms with Gasteiger partial charge in [0.1, 0.15) is 0 Å². The molecule has 2 rings (SSSR count). The van der Waals surface area contributed by atoms with Gasteiger partial charge >= 0.3 is 5.69 Å². The summed E-state index contributed by atoms with van der Waals surface area (Å²) < 4.78 is 0.983. The lowest BCUT2D eigenvalue weighted by atomic mass is 10.1. The van der Waals surface area contributed by atoms with Gasteiger partial charge in [0.15, 0.2) is 5.78 Å². The Morgan fingerprint density at radius 3 is 2.21 bits per heavy atom. The normalized spacial score (nSPS) is 10.5. The van der Waals surface area contributed by atoms with Crippen molar-refractivity contribution in [2.24, 2.45) is 0 Å². The molecule has 0 bridgehead atoms. The Morgan fingerprint density at radius 1 is 1.11 bits per heavy atom. The third kappa shape index (κ3) is 2.40. The molecule has 19 heavy (non-hydrogen) atoms. The van der Waals surface area contributed by atoms with E-state index in [-0.39, 0.29) is 11.3 Å². The Morgan fingerprint density at radius 2 is 1.68 bits per heavy atom. The fourth-order valence-corrected chi connectivity index (χ4v) is 2.04. The van der Waals surface area contributed by atoms with Gasteiger partial charge in [-0.1, -0.05) is 6.07 Å². The molecule has 0 amide bonds. The Bertz CT molecular complexity index is 749. The first-order valence-electron chi connectivity index (χ1n) is 5.84. The minimum atomic E-state index is -0.596. The molecule has 2 aromatic rings. The van der Waals surface area contributed by atoms with Crippen LogP contribution in [0.2, 0.25) is 0 Å². The van der Waals surface area contributed by atoms with Gasteiger partial charge in [-0.2, -0.15) is 0 Å². The molecular formula is C14H14N2O3. The molecule has 98 valence electrons. The van der Waals surface area contributed by atoms with E-state index in [0.717, 1.165) is 21.9 Å². The van der Waals surface area contributed by atoms with Crippen LogP contribution in [-0.4, -0.2) is 15.3 Å². The fourth-order valence-electron chi connectivity index (χ4n) is 2.04. The first-order valence-corrected chi connectivity index (χ1v) is 5.84. The molecule has 0 aliphatic rings. The van der Waals surface area contributed by atoms with Crippen LogP contribution < -0.4 is 11.2 Å². The van der Waals surface area contributed by atoms with Gasteiger partial charge in [0.25, 0.3) is 5.56 Å². The lowest BCUT2D eigenvalue weighted by Crippen LogP contribution is -2.36. The smallest absolute Gasteiger partial charge is 0.313 e. The molecular weight excluding hydrogens is 244 g/mol. The Hall–Kier alpha value is -2.43. The van der Waals surface area contributed by atoms with Crippen molar-refractivity contribution in [3.8, 4) is 5.69 Å². The van der Waals surface area contributed by atoms with Gasteiger partial charge in [-0.3, -0.25) is 9.59 Å². The average molecular weight is 258 g/mol. The van der Waals surface area contributed by atoms with Crippen LogP contribution in [0.1, 0.15) is 28.4 Å². The maximum absolute atomic E-state index is 12.2. The van der Waals surface area contributed by atoms with Gasteiger partial charge in [-0.05, 0) is 44.0 Å². The van der Waals surface area contributed by atoms with E-state index < -0.39 is 11.2 Å². The van der Waals surface area contributed by atoms with Crippen LogP contribution in [0, 0.1) is 13.8 Å². The summed E-state index contributed by atoms with van der Waals surface area (Å²) in [6.45, 7) is 5.05. The van der Waals surface area contributed by atoms with Gasteiger partial charge in [-0.25, -0.2) is 9.36 Å². The van der Waals surface area contributed by atoms with E-state index in [1.807, 2.05) is 19.9 Å². The predicted molar refractivity (Wildman–Crippen MR) is 72.1 cm³/mol. The Kier molecular flexibility index (Phi) is 3.21. The molecule has 5 heteroatoms. The van der Waals surface area contributed by atoms with Gasteiger partial charge < -0.3 is 4.98 Å². The molecule has 1 heterocycles. The number of benzene rings is 1. The highest BCUT2D eigenvalue weighted by Crippen LogP contribution is 2.10. The van der Waals surface area contributed by atoms with Gasteiger partial charge in [0, 0.05) is 6.20 Å². The summed E-state index contributed by atoms with van der Waals surface area (Å²) in [6, 6.07) is 5.40. The summed E-state index contributed by atoms with van der Waals surface area (Å²) in [5, 5.41) is 0. The van der Waals surface area contributed by atoms with Gasteiger partial charge in [0.05, 0.1) is 11.3 Å². The number of carbonyl (C=O) groups is 1. The molecule has 0 fully saturated rings. The maximum atomic E-state index is 12.2. The van der Waals surface area contributed by atoms with Crippen molar-refractivity contribution in [2.75, 3.05) is 0 Å². The molecule has 1 aromatic carbocycles. The highest BCUT2D eigenvalue weighted by molar-refractivity contribution is 5.93. The van der Waals surface area contributed by atoms with Crippen molar-refractivity contribution in [3.63, 3.8) is 0 Å². The summed E-state index contributed by atoms with van der Waals surface area (Å²) in [7, 11) is 0. The molecule has 1 N–H and O–H groups in total. The number of Topliss-reactive ketones (excluding diaryl/α,β-unsaturated/α-hetero) is 1. The summed E-state index contributed by atoms with van der Waals surface area (Å²) in [4.78, 5) is 37.8. The molecule has 0 spiro atoms. The predicted octanol–water partition coefficient (Wildman–Crippen LogP) is 1.35. The summed E-state index contributed by atoms with van der Waals surface area (Å²) in [5.41, 5.74) is 1.16. The van der Waals surface area contributed by atoms with Crippen molar-refractivity contribution in [3.05, 3.63) is 61.9 Å². The molecule has 0 saturated carbocycles. The van der Waals surface area contributed by atoms with Crippen molar-refractivity contribution < 1.29 is 4.79 Å². The standard InChI is InChI=1S/C14H14N2O3/c1-8-4-9(2)6-11(5-8)16-13(18)12(10(3)17)7-15-14(16)19/h4-7H,1-3H3,(H,15,19). The number of aryl methyl sites for hydroxylation is 2. The van der Waals surface area contributed by atoms with E-state index in [4.69, 9.17) is 0 Å². The minimum absolute atomic E-state index is 0.0289. The number of hydrogen-bond acceptors (Lipinski definition) is 3. The second kappa shape index (κ2) is 4.68. The first kappa shape index (κ1) is 13.0. The van der Waals surface area contributed by atoms with Gasteiger partial charge in [0.2, 0.25) is 0 Å². The highest BCUT2D eigenvalue weighted by atomic mass is 16.2. The third-order valence-electron chi connectivity index (χ3n) is 2.82. The summed E-state index contributed by atoms with van der Waals surface area (Å²) in [6.07, 6.45) is 1.16. The van der Waals surface area contributed by atoms with Crippen LogP contribution in [0.3, 0.4) is 0 Å². The fraction of sp³-hybridized carbons (Fsp3) is 0.214. The second-order valence-corrected chi connectivity index (χ2v) is 4.55. The number of hydrogen-bond donors (Lipinski definition) is 1. The SMILES string of the molecule is CC(=O)c1c[nH]c(=O)n(-c2cc(C)cc(C)c2)c1=O. The van der Waals surface area contributed by atoms with Crippen molar-refractivity contribution in [1.82, 2.24) is 9.55 Å². The van der Waals surface area contributed by atoms with Crippen molar-refractivity contribution in [2.45, 2.75) is 20.8 Å². The maximum Gasteiger partial charge on any atom is 0.333 e. The molecule has 0 atom stereocenters. The second-order valence-electron chi connectivity index (χ2n) is 4.55. The Balaban J connectivity index is 2.82. The lowest BCUT2D eigenvalue weighted by molar-refractivity contribution is 0.101. The summed E-state index contributed by atoms with van der Waals surface area (Å²) >= 11 is 0. The quantitative estimate of drug-likeness (QED) is 0.826. The van der Waals surface area contributed by atoms with Crippen LogP contribution in [0.4, 0.5) is 0 Å². The van der Waals surface area contributed by atoms with Crippen molar-refractivity contribution in [1.29, 1.82) is 0 Å². The number of H-pyrrole nitrogens is 1. The van der Waals surface area contributed by atoms with Gasteiger partial charge in [-0.15, -0.1) is 0 Å². The third-order valence-corrected chi connectivity index (χ3v) is 2.82. The number of nitrogens with one attached hydrogen (secondary N) is 1. The van der Waals surface area contributed by atoms with E-state index in [0.29, 0.717) is 5.69 Å². The van der Waals surface area contributed by atoms with Crippen LogP contribution in [-0.2, 0) is 0 Å². The summed E-state index contributed by atoms with van der Waals surface area (Å²) in [5.74, 6) is -0.376. The van der Waals surface area contributed by atoms with Crippen LogP contribution in [0.5, 0.6) is 0 Å². The monoisotopic (exact) mass is 258 g/mol. The van der Waals surface area contributed by atoms with Crippen LogP contribution in [0.25, 0.3) is 5.69 Å².